The van der Waals surface area contributed by atoms with Crippen molar-refractivity contribution in [1.29, 1.82) is 0 Å². The predicted molar refractivity (Wildman–Crippen MR) is 77.9 cm³/mol. The zero-order valence-electron chi connectivity index (χ0n) is 10.9. The van der Waals surface area contributed by atoms with Gasteiger partial charge in [0.05, 0.1) is 15.5 Å². The first-order valence-electron chi connectivity index (χ1n) is 5.98. The van der Waals surface area contributed by atoms with E-state index in [0.29, 0.717) is 5.56 Å². The third-order valence-corrected chi connectivity index (χ3v) is 3.40. The summed E-state index contributed by atoms with van der Waals surface area (Å²) >= 11 is 2.90. The quantitative estimate of drug-likeness (QED) is 0.653. The first-order valence-corrected chi connectivity index (χ1v) is 6.77. The van der Waals surface area contributed by atoms with Crippen molar-refractivity contribution in [2.24, 2.45) is 0 Å². The predicted octanol–water partition coefficient (Wildman–Crippen LogP) is 4.34. The van der Waals surface area contributed by atoms with Crippen molar-refractivity contribution in [2.45, 2.75) is 13.0 Å². The molecule has 0 heterocycles. The maximum atomic E-state index is 13.6. The average Bonchev–Trinajstić information content (AvgIpc) is 2.42. The number of ether oxygens (including phenoxy) is 1. The van der Waals surface area contributed by atoms with E-state index in [1.54, 1.807) is 31.2 Å². The van der Waals surface area contributed by atoms with Crippen molar-refractivity contribution < 1.29 is 19.2 Å². The van der Waals surface area contributed by atoms with E-state index in [0.717, 1.165) is 12.1 Å². The second-order valence-corrected chi connectivity index (χ2v) is 5.16. The van der Waals surface area contributed by atoms with Gasteiger partial charge >= 0.3 is 5.69 Å². The Labute approximate surface area is 128 Å². The zero-order valence-corrected chi connectivity index (χ0v) is 12.5. The Kier molecular flexibility index (Phi) is 4.54. The van der Waals surface area contributed by atoms with Gasteiger partial charge in [-0.1, -0.05) is 18.2 Å². The van der Waals surface area contributed by atoms with Crippen LogP contribution in [0.4, 0.5) is 10.1 Å². The van der Waals surface area contributed by atoms with Crippen LogP contribution in [0.3, 0.4) is 0 Å². The van der Waals surface area contributed by atoms with Crippen molar-refractivity contribution in [2.75, 3.05) is 0 Å². The Balaban J connectivity index is 2.49. The van der Waals surface area contributed by atoms with Gasteiger partial charge in [-0.05, 0) is 28.9 Å². The number of nitro groups is 1. The van der Waals surface area contributed by atoms with Crippen LogP contribution in [0.2, 0.25) is 0 Å². The highest BCUT2D eigenvalue weighted by Gasteiger charge is 2.21. The second-order valence-electron chi connectivity index (χ2n) is 4.31. The molecule has 0 aliphatic heterocycles. The number of benzene rings is 2. The summed E-state index contributed by atoms with van der Waals surface area (Å²) in [5, 5.41) is 20.7. The SMILES string of the molecule is C[C@H](O)c1ccccc1Oc1cc(F)c(Br)cc1[N+](=O)[O-]. The summed E-state index contributed by atoms with van der Waals surface area (Å²) in [7, 11) is 0. The van der Waals surface area contributed by atoms with Crippen molar-refractivity contribution >= 4 is 21.6 Å². The molecule has 0 unspecified atom stereocenters. The summed E-state index contributed by atoms with van der Waals surface area (Å²) in [6.45, 7) is 1.54. The fraction of sp³-hybridized carbons (Fsp3) is 0.143. The number of para-hydroxylation sites is 1. The maximum absolute atomic E-state index is 13.6. The topological polar surface area (TPSA) is 72.6 Å². The molecule has 2 aromatic carbocycles. The van der Waals surface area contributed by atoms with Gasteiger partial charge in [-0.25, -0.2) is 4.39 Å². The van der Waals surface area contributed by atoms with Crippen molar-refractivity contribution in [3.05, 3.63) is 62.4 Å². The summed E-state index contributed by atoms with van der Waals surface area (Å²) in [5.41, 5.74) is 0.0822. The molecule has 5 nitrogen and oxygen atoms in total. The van der Waals surface area contributed by atoms with Gasteiger partial charge in [0.15, 0.2) is 0 Å². The summed E-state index contributed by atoms with van der Waals surface area (Å²) in [6, 6.07) is 8.50. The minimum Gasteiger partial charge on any atom is -0.450 e. The molecule has 0 aliphatic carbocycles. The second kappa shape index (κ2) is 6.19. The Morgan fingerprint density at radius 2 is 2.00 bits per heavy atom. The molecule has 0 aromatic heterocycles. The van der Waals surface area contributed by atoms with E-state index in [-0.39, 0.29) is 21.7 Å². The summed E-state index contributed by atoms with van der Waals surface area (Å²) < 4.78 is 19.0. The standard InChI is InChI=1S/C14H11BrFNO4/c1-8(18)9-4-2-3-5-13(9)21-14-7-11(16)10(15)6-12(14)17(19)20/h2-8,18H,1H3/t8-/m0/s1. The van der Waals surface area contributed by atoms with Crippen LogP contribution in [0.15, 0.2) is 40.9 Å². The highest BCUT2D eigenvalue weighted by atomic mass is 79.9. The molecule has 7 heteroatoms. The van der Waals surface area contributed by atoms with Crippen LogP contribution >= 0.6 is 15.9 Å². The highest BCUT2D eigenvalue weighted by Crippen LogP contribution is 2.37. The van der Waals surface area contributed by atoms with Gasteiger partial charge in [-0.2, -0.15) is 0 Å². The van der Waals surface area contributed by atoms with Gasteiger partial charge < -0.3 is 9.84 Å². The summed E-state index contributed by atoms with van der Waals surface area (Å²) in [4.78, 5) is 10.4. The molecule has 0 bridgehead atoms. The van der Waals surface area contributed by atoms with Crippen molar-refractivity contribution in [3.63, 3.8) is 0 Å². The first kappa shape index (κ1) is 15.4. The number of halogens is 2. The van der Waals surface area contributed by atoms with E-state index in [1.165, 1.54) is 0 Å². The van der Waals surface area contributed by atoms with Gasteiger partial charge in [-0.3, -0.25) is 10.1 Å². The zero-order chi connectivity index (χ0) is 15.6. The molecule has 1 N–H and O–H groups in total. The Bertz CT molecular complexity index is 691. The molecule has 0 radical (unpaired) electrons. The van der Waals surface area contributed by atoms with Crippen LogP contribution in [0.25, 0.3) is 0 Å². The summed E-state index contributed by atoms with van der Waals surface area (Å²) in [5.74, 6) is -0.670. The average molecular weight is 356 g/mol. The van der Waals surface area contributed by atoms with Crippen molar-refractivity contribution in [3.8, 4) is 11.5 Å². The number of rotatable bonds is 4. The molecule has 0 spiro atoms. The number of nitrogens with zero attached hydrogens (tertiary/aromatic N) is 1. The molecular weight excluding hydrogens is 345 g/mol. The van der Waals surface area contributed by atoms with E-state index < -0.39 is 16.8 Å². The number of aliphatic hydroxyl groups is 1. The molecule has 0 saturated carbocycles. The number of nitro benzene ring substituents is 1. The molecular formula is C14H11BrFNO4. The highest BCUT2D eigenvalue weighted by molar-refractivity contribution is 9.10. The molecule has 0 amide bonds. The van der Waals surface area contributed by atoms with Crippen LogP contribution in [0.1, 0.15) is 18.6 Å². The molecule has 0 saturated heterocycles. The van der Waals surface area contributed by atoms with Crippen LogP contribution in [-0.4, -0.2) is 10.0 Å². The fourth-order valence-electron chi connectivity index (χ4n) is 1.78. The molecule has 0 fully saturated rings. The molecule has 0 aliphatic rings. The van der Waals surface area contributed by atoms with Crippen LogP contribution in [-0.2, 0) is 0 Å². The van der Waals surface area contributed by atoms with E-state index in [1.807, 2.05) is 0 Å². The third-order valence-electron chi connectivity index (χ3n) is 2.79. The van der Waals surface area contributed by atoms with Crippen LogP contribution < -0.4 is 4.74 Å². The lowest BCUT2D eigenvalue weighted by Gasteiger charge is -2.13. The van der Waals surface area contributed by atoms with Gasteiger partial charge in [0, 0.05) is 17.7 Å². The molecule has 1 atom stereocenters. The number of hydrogen-bond acceptors (Lipinski definition) is 4. The van der Waals surface area contributed by atoms with E-state index >= 15 is 0 Å². The molecule has 110 valence electrons. The van der Waals surface area contributed by atoms with Crippen molar-refractivity contribution in [1.82, 2.24) is 0 Å². The Morgan fingerprint density at radius 3 is 2.62 bits per heavy atom. The Morgan fingerprint density at radius 1 is 1.33 bits per heavy atom. The van der Waals surface area contributed by atoms with Gasteiger partial charge in [0.1, 0.15) is 11.6 Å². The molecule has 2 rings (SSSR count). The third kappa shape index (κ3) is 3.37. The first-order chi connectivity index (χ1) is 9.90. The lowest BCUT2D eigenvalue weighted by molar-refractivity contribution is -0.385. The van der Waals surface area contributed by atoms with Gasteiger partial charge in [-0.15, -0.1) is 0 Å². The molecule has 2 aromatic rings. The number of aliphatic hydroxyl groups excluding tert-OH is 1. The van der Waals surface area contributed by atoms with Crippen LogP contribution in [0, 0.1) is 15.9 Å². The number of hydrogen-bond donors (Lipinski definition) is 1. The van der Waals surface area contributed by atoms with E-state index in [4.69, 9.17) is 4.74 Å². The minimum atomic E-state index is -0.819. The van der Waals surface area contributed by atoms with Gasteiger partial charge in [0.2, 0.25) is 5.75 Å². The smallest absolute Gasteiger partial charge is 0.312 e. The monoisotopic (exact) mass is 355 g/mol. The van der Waals surface area contributed by atoms with E-state index in [2.05, 4.69) is 15.9 Å². The lowest BCUT2D eigenvalue weighted by Crippen LogP contribution is -1.99. The lowest BCUT2D eigenvalue weighted by atomic mass is 10.1. The minimum absolute atomic E-state index is 0.0228. The normalized spacial score (nSPS) is 12.0. The van der Waals surface area contributed by atoms with Gasteiger partial charge in [0.25, 0.3) is 0 Å². The van der Waals surface area contributed by atoms with E-state index in [9.17, 15) is 19.6 Å². The summed E-state index contributed by atoms with van der Waals surface area (Å²) in [6.07, 6.45) is -0.819. The largest absolute Gasteiger partial charge is 0.450 e. The molecule has 21 heavy (non-hydrogen) atoms. The Hall–Kier alpha value is -1.99. The van der Waals surface area contributed by atoms with Crippen LogP contribution in [0.5, 0.6) is 11.5 Å². The fourth-order valence-corrected chi connectivity index (χ4v) is 2.11. The maximum Gasteiger partial charge on any atom is 0.312 e.